The molecule has 0 aromatic heterocycles. The summed E-state index contributed by atoms with van der Waals surface area (Å²) >= 11 is 0. The Hall–Kier alpha value is -2.69. The molecule has 5 heteroatoms. The topological polar surface area (TPSA) is 58.2 Å². The molecule has 3 rings (SSSR count). The highest BCUT2D eigenvalue weighted by molar-refractivity contribution is 6.13. The van der Waals surface area contributed by atoms with E-state index in [1.54, 1.807) is 18.2 Å². The molecular weight excluding hydrogens is 331 g/mol. The first kappa shape index (κ1) is 18.1. The first-order valence-electron chi connectivity index (χ1n) is 8.74. The minimum Gasteiger partial charge on any atom is -0.351 e. The number of hydrogen-bond acceptors (Lipinski definition) is 2. The Morgan fingerprint density at radius 3 is 2.23 bits per heavy atom. The van der Waals surface area contributed by atoms with E-state index in [2.05, 4.69) is 10.6 Å². The van der Waals surface area contributed by atoms with Crippen LogP contribution < -0.4 is 10.6 Å². The molecule has 4 nitrogen and oxygen atoms in total. The maximum atomic E-state index is 13.7. The number of benzene rings is 2. The number of anilines is 1. The molecule has 2 aromatic rings. The molecule has 0 bridgehead atoms. The van der Waals surface area contributed by atoms with Gasteiger partial charge in [0.25, 0.3) is 0 Å². The summed E-state index contributed by atoms with van der Waals surface area (Å²) < 4.78 is 13.7. The zero-order valence-corrected chi connectivity index (χ0v) is 15.3. The van der Waals surface area contributed by atoms with Crippen LogP contribution in [0, 0.1) is 32.0 Å². The number of carbonyl (C=O) groups is 2. The highest BCUT2D eigenvalue weighted by atomic mass is 19.1. The second kappa shape index (κ2) is 6.90. The number of rotatable bonds is 5. The van der Waals surface area contributed by atoms with E-state index in [0.29, 0.717) is 18.4 Å². The third-order valence-corrected chi connectivity index (χ3v) is 4.93. The standard InChI is InChI=1S/C21H23FN2O2/c1-13-10-14(2)18(15(3)11-13)24-20(26)21(8-9-21)19(25)23-12-16-6-4-5-7-17(16)22/h4-7,10-11H,8-9,12H2,1-3H3,(H,23,25)(H,24,26). The van der Waals surface area contributed by atoms with E-state index in [1.807, 2.05) is 32.9 Å². The van der Waals surface area contributed by atoms with Gasteiger partial charge in [-0.2, -0.15) is 0 Å². The van der Waals surface area contributed by atoms with Crippen molar-refractivity contribution in [2.24, 2.45) is 5.41 Å². The van der Waals surface area contributed by atoms with Crippen LogP contribution in [0.4, 0.5) is 10.1 Å². The van der Waals surface area contributed by atoms with Crippen LogP contribution in [0.3, 0.4) is 0 Å². The van der Waals surface area contributed by atoms with Gasteiger partial charge in [-0.1, -0.05) is 35.9 Å². The van der Waals surface area contributed by atoms with Crippen LogP contribution in [0.2, 0.25) is 0 Å². The molecule has 1 aliphatic rings. The van der Waals surface area contributed by atoms with Crippen molar-refractivity contribution in [1.82, 2.24) is 5.32 Å². The van der Waals surface area contributed by atoms with Crippen LogP contribution in [-0.2, 0) is 16.1 Å². The highest BCUT2D eigenvalue weighted by Gasteiger charge is 2.56. The number of nitrogens with one attached hydrogen (secondary N) is 2. The minimum absolute atomic E-state index is 0.0725. The molecule has 0 unspecified atom stereocenters. The maximum absolute atomic E-state index is 13.7. The average Bonchev–Trinajstić information content (AvgIpc) is 3.39. The molecule has 0 atom stereocenters. The first-order chi connectivity index (χ1) is 12.3. The Morgan fingerprint density at radius 2 is 1.65 bits per heavy atom. The van der Waals surface area contributed by atoms with Crippen LogP contribution in [0.5, 0.6) is 0 Å². The molecule has 0 radical (unpaired) electrons. The van der Waals surface area contributed by atoms with Gasteiger partial charge < -0.3 is 10.6 Å². The van der Waals surface area contributed by atoms with Crippen molar-refractivity contribution in [2.45, 2.75) is 40.2 Å². The molecule has 136 valence electrons. The van der Waals surface area contributed by atoms with Crippen molar-refractivity contribution in [1.29, 1.82) is 0 Å². The summed E-state index contributed by atoms with van der Waals surface area (Å²) in [6.45, 7) is 5.95. The van der Waals surface area contributed by atoms with Gasteiger partial charge in [-0.3, -0.25) is 9.59 Å². The lowest BCUT2D eigenvalue weighted by Gasteiger charge is -2.18. The average molecular weight is 354 g/mol. The van der Waals surface area contributed by atoms with E-state index in [0.717, 1.165) is 22.4 Å². The van der Waals surface area contributed by atoms with Gasteiger partial charge in [-0.15, -0.1) is 0 Å². The number of aryl methyl sites for hydroxylation is 3. The van der Waals surface area contributed by atoms with Gasteiger partial charge in [-0.25, -0.2) is 4.39 Å². The van der Waals surface area contributed by atoms with E-state index in [-0.39, 0.29) is 24.2 Å². The summed E-state index contributed by atoms with van der Waals surface area (Å²) in [5.74, 6) is -1.01. The second-order valence-electron chi connectivity index (χ2n) is 7.08. The van der Waals surface area contributed by atoms with E-state index >= 15 is 0 Å². The lowest BCUT2D eigenvalue weighted by atomic mass is 10.0. The van der Waals surface area contributed by atoms with Crippen molar-refractivity contribution < 1.29 is 14.0 Å². The third-order valence-electron chi connectivity index (χ3n) is 4.93. The Morgan fingerprint density at radius 1 is 1.04 bits per heavy atom. The SMILES string of the molecule is Cc1cc(C)c(NC(=O)C2(C(=O)NCc3ccccc3F)CC2)c(C)c1. The number of amides is 2. The zero-order valence-electron chi connectivity index (χ0n) is 15.3. The van der Waals surface area contributed by atoms with Gasteiger partial charge in [-0.05, 0) is 50.8 Å². The van der Waals surface area contributed by atoms with Crippen LogP contribution in [0.25, 0.3) is 0 Å². The van der Waals surface area contributed by atoms with Gasteiger partial charge in [0.1, 0.15) is 11.2 Å². The Balaban J connectivity index is 1.69. The molecule has 2 amide bonds. The van der Waals surface area contributed by atoms with E-state index < -0.39 is 5.41 Å². The van der Waals surface area contributed by atoms with Crippen LogP contribution in [-0.4, -0.2) is 11.8 Å². The molecule has 0 aliphatic heterocycles. The van der Waals surface area contributed by atoms with Gasteiger partial charge in [0.2, 0.25) is 11.8 Å². The van der Waals surface area contributed by atoms with Crippen molar-refractivity contribution in [3.05, 3.63) is 64.5 Å². The quantitative estimate of drug-likeness (QED) is 0.803. The molecule has 1 fully saturated rings. The first-order valence-corrected chi connectivity index (χ1v) is 8.74. The Bertz CT molecular complexity index is 849. The molecule has 0 spiro atoms. The van der Waals surface area contributed by atoms with Gasteiger partial charge in [0, 0.05) is 17.8 Å². The fourth-order valence-electron chi connectivity index (χ4n) is 3.28. The summed E-state index contributed by atoms with van der Waals surface area (Å²) in [6, 6.07) is 10.3. The summed E-state index contributed by atoms with van der Waals surface area (Å²) in [5.41, 5.74) is 3.18. The zero-order chi connectivity index (χ0) is 18.9. The maximum Gasteiger partial charge on any atom is 0.240 e. The molecule has 0 heterocycles. The van der Waals surface area contributed by atoms with Crippen molar-refractivity contribution in [3.8, 4) is 0 Å². The molecule has 2 N–H and O–H groups in total. The fraction of sp³-hybridized carbons (Fsp3) is 0.333. The molecule has 26 heavy (non-hydrogen) atoms. The van der Waals surface area contributed by atoms with Gasteiger partial charge >= 0.3 is 0 Å². The van der Waals surface area contributed by atoms with Gasteiger partial charge in [0.15, 0.2) is 0 Å². The lowest BCUT2D eigenvalue weighted by molar-refractivity contribution is -0.134. The van der Waals surface area contributed by atoms with E-state index in [4.69, 9.17) is 0 Å². The second-order valence-corrected chi connectivity index (χ2v) is 7.08. The molecule has 1 saturated carbocycles. The van der Waals surface area contributed by atoms with Crippen LogP contribution in [0.15, 0.2) is 36.4 Å². The van der Waals surface area contributed by atoms with Crippen molar-refractivity contribution in [3.63, 3.8) is 0 Å². The summed E-state index contributed by atoms with van der Waals surface area (Å²) in [4.78, 5) is 25.3. The number of halogens is 1. The highest BCUT2D eigenvalue weighted by Crippen LogP contribution is 2.47. The predicted molar refractivity (Wildman–Crippen MR) is 99.2 cm³/mol. The summed E-state index contributed by atoms with van der Waals surface area (Å²) in [7, 11) is 0. The Labute approximate surface area is 152 Å². The molecule has 2 aromatic carbocycles. The van der Waals surface area contributed by atoms with Crippen LogP contribution in [0.1, 0.15) is 35.1 Å². The largest absolute Gasteiger partial charge is 0.351 e. The monoisotopic (exact) mass is 354 g/mol. The van der Waals surface area contributed by atoms with Crippen molar-refractivity contribution in [2.75, 3.05) is 5.32 Å². The normalized spacial score (nSPS) is 14.6. The molecular formula is C21H23FN2O2. The van der Waals surface area contributed by atoms with Crippen LogP contribution >= 0.6 is 0 Å². The van der Waals surface area contributed by atoms with E-state index in [9.17, 15) is 14.0 Å². The third kappa shape index (κ3) is 3.47. The summed E-state index contributed by atoms with van der Waals surface area (Å²) in [5, 5.41) is 5.63. The number of hydrogen-bond donors (Lipinski definition) is 2. The van der Waals surface area contributed by atoms with Crippen molar-refractivity contribution >= 4 is 17.5 Å². The smallest absolute Gasteiger partial charge is 0.240 e. The molecule has 0 saturated heterocycles. The fourth-order valence-corrected chi connectivity index (χ4v) is 3.28. The summed E-state index contributed by atoms with van der Waals surface area (Å²) in [6.07, 6.45) is 1.01. The predicted octanol–water partition coefficient (Wildman–Crippen LogP) is 3.79. The minimum atomic E-state index is -1.05. The molecule has 1 aliphatic carbocycles. The lowest BCUT2D eigenvalue weighted by Crippen LogP contribution is -2.40. The Kier molecular flexibility index (Phi) is 4.81. The number of carbonyl (C=O) groups excluding carboxylic acids is 2. The van der Waals surface area contributed by atoms with E-state index in [1.165, 1.54) is 6.07 Å². The van der Waals surface area contributed by atoms with Gasteiger partial charge in [0.05, 0.1) is 0 Å².